The van der Waals surface area contributed by atoms with Crippen molar-refractivity contribution in [3.63, 3.8) is 0 Å². The van der Waals surface area contributed by atoms with Crippen LogP contribution in [0.3, 0.4) is 0 Å². The molecule has 0 bridgehead atoms. The molecule has 1 heterocycles. The number of hydrogen-bond donors (Lipinski definition) is 1. The summed E-state index contributed by atoms with van der Waals surface area (Å²) >= 11 is 4.35. The van der Waals surface area contributed by atoms with Gasteiger partial charge in [0, 0.05) is 11.1 Å². The van der Waals surface area contributed by atoms with Crippen LogP contribution in [0.2, 0.25) is 0 Å². The van der Waals surface area contributed by atoms with Crippen molar-refractivity contribution in [3.05, 3.63) is 65.7 Å². The molecule has 3 aromatic rings. The molecule has 0 aliphatic carbocycles. The summed E-state index contributed by atoms with van der Waals surface area (Å²) in [6, 6.07) is 18.6. The van der Waals surface area contributed by atoms with E-state index in [0.29, 0.717) is 5.16 Å². The highest BCUT2D eigenvalue weighted by Gasteiger charge is 2.07. The first-order valence-electron chi connectivity index (χ1n) is 6.84. The van der Waals surface area contributed by atoms with Gasteiger partial charge in [0.15, 0.2) is 5.16 Å². The van der Waals surface area contributed by atoms with Crippen molar-refractivity contribution in [1.82, 2.24) is 9.97 Å². The summed E-state index contributed by atoms with van der Waals surface area (Å²) in [4.78, 5) is 8.88. The second-order valence-electron chi connectivity index (χ2n) is 5.17. The summed E-state index contributed by atoms with van der Waals surface area (Å²) in [6.45, 7) is 4.15. The number of hydrogen-bond acceptors (Lipinski definition) is 3. The second-order valence-corrected chi connectivity index (χ2v) is 5.57. The normalized spacial score (nSPS) is 10.6. The molecule has 3 heteroatoms. The molecule has 0 atom stereocenters. The van der Waals surface area contributed by atoms with Crippen LogP contribution >= 0.6 is 12.6 Å². The minimum atomic E-state index is 0.490. The van der Waals surface area contributed by atoms with Crippen molar-refractivity contribution >= 4 is 12.6 Å². The molecule has 21 heavy (non-hydrogen) atoms. The van der Waals surface area contributed by atoms with Gasteiger partial charge in [-0.1, -0.05) is 53.6 Å². The lowest BCUT2D eigenvalue weighted by Gasteiger charge is -2.07. The zero-order valence-electron chi connectivity index (χ0n) is 12.0. The van der Waals surface area contributed by atoms with Crippen molar-refractivity contribution in [2.45, 2.75) is 19.0 Å². The van der Waals surface area contributed by atoms with Gasteiger partial charge in [0.2, 0.25) is 0 Å². The summed E-state index contributed by atoms with van der Waals surface area (Å²) in [6.07, 6.45) is 0. The standard InChI is InChI=1S/C18H16N2S/c1-12-6-8-14(9-7-12)16-11-17(20-18(21)19-16)15-5-3-4-13(2)10-15/h3-11H,1-2H3,(H,19,20,21). The predicted molar refractivity (Wildman–Crippen MR) is 89.6 cm³/mol. The number of aryl methyl sites for hydroxylation is 2. The van der Waals surface area contributed by atoms with Crippen LogP contribution in [0.15, 0.2) is 59.8 Å². The number of benzene rings is 2. The molecule has 3 rings (SSSR count). The lowest BCUT2D eigenvalue weighted by atomic mass is 10.1. The average Bonchev–Trinajstić information content (AvgIpc) is 2.47. The van der Waals surface area contributed by atoms with E-state index < -0.39 is 0 Å². The monoisotopic (exact) mass is 292 g/mol. The minimum absolute atomic E-state index is 0.490. The lowest BCUT2D eigenvalue weighted by molar-refractivity contribution is 0.986. The molecule has 0 unspecified atom stereocenters. The van der Waals surface area contributed by atoms with Gasteiger partial charge < -0.3 is 0 Å². The van der Waals surface area contributed by atoms with Gasteiger partial charge >= 0.3 is 0 Å². The molecule has 2 nitrogen and oxygen atoms in total. The van der Waals surface area contributed by atoms with Crippen molar-refractivity contribution in [2.75, 3.05) is 0 Å². The maximum Gasteiger partial charge on any atom is 0.185 e. The number of thiol groups is 1. The molecule has 0 aliphatic rings. The lowest BCUT2D eigenvalue weighted by Crippen LogP contribution is -1.93. The maximum atomic E-state index is 4.44. The molecule has 0 N–H and O–H groups in total. The van der Waals surface area contributed by atoms with E-state index in [1.54, 1.807) is 0 Å². The van der Waals surface area contributed by atoms with E-state index in [1.165, 1.54) is 11.1 Å². The second kappa shape index (κ2) is 5.70. The molecule has 104 valence electrons. The molecule has 0 saturated heterocycles. The van der Waals surface area contributed by atoms with Crippen molar-refractivity contribution in [1.29, 1.82) is 0 Å². The largest absolute Gasteiger partial charge is 0.223 e. The van der Waals surface area contributed by atoms with Crippen LogP contribution in [0, 0.1) is 13.8 Å². The topological polar surface area (TPSA) is 25.8 Å². The predicted octanol–water partition coefficient (Wildman–Crippen LogP) is 4.72. The Balaban J connectivity index is 2.10. The van der Waals surface area contributed by atoms with Crippen LogP contribution in [0.25, 0.3) is 22.5 Å². The fourth-order valence-electron chi connectivity index (χ4n) is 2.26. The molecule has 1 aromatic heterocycles. The first kappa shape index (κ1) is 13.8. The van der Waals surface area contributed by atoms with E-state index in [9.17, 15) is 0 Å². The average molecular weight is 292 g/mol. The third kappa shape index (κ3) is 3.14. The number of nitrogens with zero attached hydrogens (tertiary/aromatic N) is 2. The Bertz CT molecular complexity index is 779. The van der Waals surface area contributed by atoms with Gasteiger partial charge in [0.25, 0.3) is 0 Å². The zero-order chi connectivity index (χ0) is 14.8. The SMILES string of the molecule is Cc1ccc(-c2cc(-c3cccc(C)c3)nc(S)n2)cc1. The summed E-state index contributed by atoms with van der Waals surface area (Å²) in [5.74, 6) is 0. The highest BCUT2D eigenvalue weighted by molar-refractivity contribution is 7.80. The van der Waals surface area contributed by atoms with Gasteiger partial charge in [0.1, 0.15) is 0 Å². The summed E-state index contributed by atoms with van der Waals surface area (Å²) in [7, 11) is 0. The van der Waals surface area contributed by atoms with Crippen molar-refractivity contribution < 1.29 is 0 Å². The van der Waals surface area contributed by atoms with Gasteiger partial charge in [0.05, 0.1) is 11.4 Å². The Morgan fingerprint density at radius 1 is 0.714 bits per heavy atom. The highest BCUT2D eigenvalue weighted by atomic mass is 32.1. The van der Waals surface area contributed by atoms with Gasteiger partial charge in [-0.2, -0.15) is 0 Å². The van der Waals surface area contributed by atoms with Crippen LogP contribution < -0.4 is 0 Å². The fraction of sp³-hybridized carbons (Fsp3) is 0.111. The van der Waals surface area contributed by atoms with Crippen LogP contribution in [0.1, 0.15) is 11.1 Å². The first-order valence-corrected chi connectivity index (χ1v) is 7.29. The maximum absolute atomic E-state index is 4.44. The summed E-state index contributed by atoms with van der Waals surface area (Å²) in [5.41, 5.74) is 6.40. The fourth-order valence-corrected chi connectivity index (χ4v) is 2.47. The number of aromatic nitrogens is 2. The molecular weight excluding hydrogens is 276 g/mol. The third-order valence-electron chi connectivity index (χ3n) is 3.38. The third-order valence-corrected chi connectivity index (χ3v) is 3.58. The van der Waals surface area contributed by atoms with E-state index >= 15 is 0 Å². The van der Waals surface area contributed by atoms with Gasteiger partial charge in [-0.15, -0.1) is 12.6 Å². The Kier molecular flexibility index (Phi) is 3.76. The van der Waals surface area contributed by atoms with E-state index in [4.69, 9.17) is 0 Å². The van der Waals surface area contributed by atoms with Crippen LogP contribution in [0.4, 0.5) is 0 Å². The molecule has 0 spiro atoms. The Labute approximate surface area is 130 Å². The molecule has 2 aromatic carbocycles. The Hall–Kier alpha value is -2.13. The quantitative estimate of drug-likeness (QED) is 0.546. The zero-order valence-corrected chi connectivity index (χ0v) is 12.9. The summed E-state index contributed by atoms with van der Waals surface area (Å²) < 4.78 is 0. The van der Waals surface area contributed by atoms with Crippen LogP contribution in [-0.2, 0) is 0 Å². The van der Waals surface area contributed by atoms with Crippen LogP contribution in [0.5, 0.6) is 0 Å². The molecule has 0 radical (unpaired) electrons. The molecule has 0 aliphatic heterocycles. The minimum Gasteiger partial charge on any atom is -0.223 e. The van der Waals surface area contributed by atoms with Gasteiger partial charge in [-0.25, -0.2) is 9.97 Å². The number of rotatable bonds is 2. The van der Waals surface area contributed by atoms with Gasteiger partial charge in [-0.05, 0) is 26.0 Å². The summed E-state index contributed by atoms with van der Waals surface area (Å²) in [5, 5.41) is 0.490. The van der Waals surface area contributed by atoms with Crippen molar-refractivity contribution in [3.8, 4) is 22.5 Å². The molecule has 0 saturated carbocycles. The smallest absolute Gasteiger partial charge is 0.185 e. The molecule has 0 fully saturated rings. The van der Waals surface area contributed by atoms with E-state index in [1.807, 2.05) is 12.1 Å². The Morgan fingerprint density at radius 2 is 1.38 bits per heavy atom. The van der Waals surface area contributed by atoms with E-state index in [2.05, 4.69) is 78.9 Å². The van der Waals surface area contributed by atoms with E-state index in [0.717, 1.165) is 22.5 Å². The Morgan fingerprint density at radius 3 is 2.05 bits per heavy atom. The van der Waals surface area contributed by atoms with Crippen LogP contribution in [-0.4, -0.2) is 9.97 Å². The van der Waals surface area contributed by atoms with Crippen molar-refractivity contribution in [2.24, 2.45) is 0 Å². The molecule has 0 amide bonds. The molecular formula is C18H16N2S. The van der Waals surface area contributed by atoms with E-state index in [-0.39, 0.29) is 0 Å². The van der Waals surface area contributed by atoms with Gasteiger partial charge in [-0.3, -0.25) is 0 Å². The highest BCUT2D eigenvalue weighted by Crippen LogP contribution is 2.25. The first-order chi connectivity index (χ1) is 10.1.